The molecule has 0 heterocycles. The van der Waals surface area contributed by atoms with E-state index in [1.165, 1.54) is 68.2 Å². The Kier molecular flexibility index (Phi) is 8.67. The van der Waals surface area contributed by atoms with Gasteiger partial charge in [0.15, 0.2) is 0 Å². The number of hydrogen-bond acceptors (Lipinski definition) is 2. The van der Waals surface area contributed by atoms with E-state index in [1.54, 1.807) is 0 Å². The van der Waals surface area contributed by atoms with E-state index in [9.17, 15) is 0 Å². The Morgan fingerprint density at radius 2 is 1.62 bits per heavy atom. The van der Waals surface area contributed by atoms with Crippen LogP contribution in [0.1, 0.15) is 81.9 Å². The molecule has 1 aliphatic carbocycles. The summed E-state index contributed by atoms with van der Waals surface area (Å²) in [5.41, 5.74) is 4.89. The Morgan fingerprint density at radius 1 is 0.897 bits per heavy atom. The molecule has 2 aromatic carbocycles. The van der Waals surface area contributed by atoms with Crippen LogP contribution in [0.15, 0.2) is 64.8 Å². The normalized spacial score (nSPS) is 20.3. The summed E-state index contributed by atoms with van der Waals surface area (Å²) in [4.78, 5) is 0. The zero-order chi connectivity index (χ0) is 20.3. The highest BCUT2D eigenvalue weighted by molar-refractivity contribution is 6.02. The summed E-state index contributed by atoms with van der Waals surface area (Å²) in [6.07, 6.45) is 13.4. The van der Waals surface area contributed by atoms with E-state index in [1.807, 2.05) is 6.21 Å². The number of rotatable bonds is 9. The van der Waals surface area contributed by atoms with Crippen molar-refractivity contribution in [3.05, 3.63) is 71.3 Å². The highest BCUT2D eigenvalue weighted by Gasteiger charge is 2.25. The largest absolute Gasteiger partial charge is 0.158 e. The van der Waals surface area contributed by atoms with Gasteiger partial charge in [0.25, 0.3) is 0 Å². The third kappa shape index (κ3) is 6.66. The molecule has 0 aromatic heterocycles. The summed E-state index contributed by atoms with van der Waals surface area (Å²) in [5.74, 6) is 1.44. The number of nitrogens with zero attached hydrogens (tertiary/aromatic N) is 2. The summed E-state index contributed by atoms with van der Waals surface area (Å²) in [6.45, 7) is 4.51. The van der Waals surface area contributed by atoms with Gasteiger partial charge in [0.05, 0.1) is 11.9 Å². The lowest BCUT2D eigenvalue weighted by molar-refractivity contribution is 0.301. The maximum Gasteiger partial charge on any atom is 0.0733 e. The molecule has 0 amide bonds. The van der Waals surface area contributed by atoms with Crippen molar-refractivity contribution in [1.29, 1.82) is 0 Å². The molecule has 0 atom stereocenters. The summed E-state index contributed by atoms with van der Waals surface area (Å²) in [5, 5.41) is 9.25. The predicted molar refractivity (Wildman–Crippen MR) is 126 cm³/mol. The fourth-order valence-electron chi connectivity index (χ4n) is 4.42. The molecule has 29 heavy (non-hydrogen) atoms. The minimum atomic E-state index is 0.527. The van der Waals surface area contributed by atoms with Crippen molar-refractivity contribution in [2.75, 3.05) is 0 Å². The number of benzene rings is 2. The fourth-order valence-corrected chi connectivity index (χ4v) is 4.42. The molecule has 0 bridgehead atoms. The molecule has 0 aliphatic heterocycles. The molecule has 1 aliphatic rings. The molecule has 1 fully saturated rings. The second-order valence-corrected chi connectivity index (χ2v) is 8.45. The van der Waals surface area contributed by atoms with E-state index >= 15 is 0 Å². The second-order valence-electron chi connectivity index (χ2n) is 8.45. The first-order valence-electron chi connectivity index (χ1n) is 11.6. The van der Waals surface area contributed by atoms with Crippen LogP contribution in [0.3, 0.4) is 0 Å². The smallest absolute Gasteiger partial charge is 0.0733 e. The first kappa shape index (κ1) is 21.5. The van der Waals surface area contributed by atoms with Crippen LogP contribution in [0.4, 0.5) is 0 Å². The standard InChI is InChI=1S/C27H36N2/c1-3-5-10-23-17-19-26(20-18-23)27(25-11-7-6-8-12-25)29-28-21-24-15-13-22(9-4-2)14-16-24/h6-8,11-16,21,23,26H,3-5,9-10,17-20H2,1-2H3. The predicted octanol–water partition coefficient (Wildman–Crippen LogP) is 7.46. The van der Waals surface area contributed by atoms with Crippen molar-refractivity contribution in [2.45, 2.75) is 71.6 Å². The van der Waals surface area contributed by atoms with Crippen LogP contribution < -0.4 is 0 Å². The maximum absolute atomic E-state index is 4.74. The van der Waals surface area contributed by atoms with E-state index in [-0.39, 0.29) is 0 Å². The van der Waals surface area contributed by atoms with Crippen molar-refractivity contribution in [3.63, 3.8) is 0 Å². The van der Waals surface area contributed by atoms with E-state index in [0.29, 0.717) is 5.92 Å². The molecule has 3 rings (SSSR count). The quantitative estimate of drug-likeness (QED) is 0.314. The van der Waals surface area contributed by atoms with Gasteiger partial charge < -0.3 is 0 Å². The first-order valence-corrected chi connectivity index (χ1v) is 11.6. The topological polar surface area (TPSA) is 24.7 Å². The van der Waals surface area contributed by atoms with Crippen LogP contribution in [-0.4, -0.2) is 11.9 Å². The van der Waals surface area contributed by atoms with E-state index in [4.69, 9.17) is 5.10 Å². The number of unbranched alkanes of at least 4 members (excludes halogenated alkanes) is 1. The van der Waals surface area contributed by atoms with Crippen LogP contribution >= 0.6 is 0 Å². The molecule has 2 nitrogen and oxygen atoms in total. The summed E-state index contributed by atoms with van der Waals surface area (Å²) in [7, 11) is 0. The number of aryl methyl sites for hydroxylation is 1. The zero-order valence-corrected chi connectivity index (χ0v) is 18.2. The van der Waals surface area contributed by atoms with Crippen molar-refractivity contribution in [2.24, 2.45) is 22.0 Å². The van der Waals surface area contributed by atoms with Gasteiger partial charge in [0.1, 0.15) is 0 Å². The van der Waals surface area contributed by atoms with Crippen LogP contribution in [0.5, 0.6) is 0 Å². The molecule has 2 aromatic rings. The van der Waals surface area contributed by atoms with Gasteiger partial charge in [-0.1, -0.05) is 94.1 Å². The molecule has 0 saturated heterocycles. The lowest BCUT2D eigenvalue weighted by atomic mass is 9.76. The lowest BCUT2D eigenvalue weighted by Gasteiger charge is -2.29. The Morgan fingerprint density at radius 3 is 2.28 bits per heavy atom. The van der Waals surface area contributed by atoms with Crippen molar-refractivity contribution in [1.82, 2.24) is 0 Å². The van der Waals surface area contributed by atoms with Crippen molar-refractivity contribution in [3.8, 4) is 0 Å². The molecule has 1 saturated carbocycles. The van der Waals surface area contributed by atoms with Crippen molar-refractivity contribution < 1.29 is 0 Å². The first-order chi connectivity index (χ1) is 14.3. The average Bonchev–Trinajstić information content (AvgIpc) is 2.78. The monoisotopic (exact) mass is 388 g/mol. The van der Waals surface area contributed by atoms with Gasteiger partial charge >= 0.3 is 0 Å². The third-order valence-corrected chi connectivity index (χ3v) is 6.16. The SMILES string of the molecule is CCCCC1CCC(C(=NN=Cc2ccc(CCC)cc2)c2ccccc2)CC1. The van der Waals surface area contributed by atoms with Gasteiger partial charge in [0.2, 0.25) is 0 Å². The van der Waals surface area contributed by atoms with Gasteiger partial charge in [0, 0.05) is 5.92 Å². The Hall–Kier alpha value is -2.22. The summed E-state index contributed by atoms with van der Waals surface area (Å²) in [6, 6.07) is 19.3. The molecular formula is C27H36N2. The average molecular weight is 389 g/mol. The van der Waals surface area contributed by atoms with Gasteiger partial charge in [-0.05, 0) is 54.7 Å². The van der Waals surface area contributed by atoms with E-state index < -0.39 is 0 Å². The Bertz CT molecular complexity index is 766. The maximum atomic E-state index is 4.74. The molecule has 0 unspecified atom stereocenters. The zero-order valence-electron chi connectivity index (χ0n) is 18.2. The minimum absolute atomic E-state index is 0.527. The van der Waals surface area contributed by atoms with Gasteiger partial charge in [-0.15, -0.1) is 0 Å². The van der Waals surface area contributed by atoms with Crippen LogP contribution in [-0.2, 0) is 6.42 Å². The van der Waals surface area contributed by atoms with Crippen LogP contribution in [0.25, 0.3) is 0 Å². The van der Waals surface area contributed by atoms with Gasteiger partial charge in [-0.3, -0.25) is 0 Å². The fraction of sp³-hybridized carbons (Fsp3) is 0.481. The van der Waals surface area contributed by atoms with Crippen molar-refractivity contribution >= 4 is 11.9 Å². The molecule has 154 valence electrons. The minimum Gasteiger partial charge on any atom is -0.158 e. The third-order valence-electron chi connectivity index (χ3n) is 6.16. The molecule has 0 N–H and O–H groups in total. The second kappa shape index (κ2) is 11.7. The van der Waals surface area contributed by atoms with Crippen LogP contribution in [0, 0.1) is 11.8 Å². The lowest BCUT2D eigenvalue weighted by Crippen LogP contribution is -2.22. The Balaban J connectivity index is 1.71. The van der Waals surface area contributed by atoms with E-state index in [2.05, 4.69) is 73.5 Å². The molecule has 0 spiro atoms. The van der Waals surface area contributed by atoms with Crippen LogP contribution in [0.2, 0.25) is 0 Å². The molecule has 0 radical (unpaired) electrons. The van der Waals surface area contributed by atoms with Gasteiger partial charge in [-0.25, -0.2) is 0 Å². The summed E-state index contributed by atoms with van der Waals surface area (Å²) < 4.78 is 0. The highest BCUT2D eigenvalue weighted by atomic mass is 15.2. The number of hydrogen-bond donors (Lipinski definition) is 0. The summed E-state index contributed by atoms with van der Waals surface area (Å²) >= 11 is 0. The molecule has 2 heteroatoms. The van der Waals surface area contributed by atoms with Gasteiger partial charge in [-0.2, -0.15) is 10.2 Å². The van der Waals surface area contributed by atoms with E-state index in [0.717, 1.165) is 17.9 Å². The Labute approximate surface area is 177 Å². The molecular weight excluding hydrogens is 352 g/mol. The highest BCUT2D eigenvalue weighted by Crippen LogP contribution is 2.34.